The average molecular weight is 1110 g/mol. The van der Waals surface area contributed by atoms with Crippen LogP contribution in [0.25, 0.3) is 0 Å². The molecule has 1 atom stereocenters. The third-order valence-electron chi connectivity index (χ3n) is 14.1. The number of ether oxygens (including phenoxy) is 2. The van der Waals surface area contributed by atoms with Crippen LogP contribution in [0, 0.1) is 0 Å². The van der Waals surface area contributed by atoms with Crippen molar-refractivity contribution in [2.75, 3.05) is 13.2 Å². The summed E-state index contributed by atoms with van der Waals surface area (Å²) in [6, 6.07) is 0. The lowest BCUT2D eigenvalue weighted by Crippen LogP contribution is -2.28. The van der Waals surface area contributed by atoms with Crippen molar-refractivity contribution in [2.45, 2.75) is 302 Å². The molecule has 0 aromatic heterocycles. The Morgan fingerprint density at radius 3 is 0.750 bits per heavy atom. The van der Waals surface area contributed by atoms with Crippen molar-refractivity contribution >= 4 is 11.9 Å². The van der Waals surface area contributed by atoms with Gasteiger partial charge in [0, 0.05) is 12.8 Å². The molecule has 0 bridgehead atoms. The molecule has 0 aromatic carbocycles. The van der Waals surface area contributed by atoms with Crippen LogP contribution in [0.3, 0.4) is 0 Å². The predicted molar refractivity (Wildman–Crippen MR) is 352 cm³/mol. The molecule has 5 nitrogen and oxygen atoms in total. The van der Waals surface area contributed by atoms with Crippen LogP contribution < -0.4 is 0 Å². The summed E-state index contributed by atoms with van der Waals surface area (Å²) in [5, 5.41) is 9.69. The van der Waals surface area contributed by atoms with E-state index in [1.54, 1.807) is 0 Å². The SMILES string of the molecule is CC/C=C\C/C=C\C/C=C\C/C=C\C/C=C\C/C=C\C/C=C\C/C=C\CCCCCCC(=O)OC(CO)COC(=O)CCCCCCCCCCCCCCCCCCCCCCCCCC/C=C\C/C=C\C/C=C\C/C=C\CC. The number of aliphatic hydroxyl groups excluding tert-OH is 1. The van der Waals surface area contributed by atoms with Gasteiger partial charge in [0.25, 0.3) is 0 Å². The van der Waals surface area contributed by atoms with Gasteiger partial charge in [0.15, 0.2) is 6.10 Å². The van der Waals surface area contributed by atoms with Crippen LogP contribution in [-0.2, 0) is 19.1 Å². The van der Waals surface area contributed by atoms with Crippen molar-refractivity contribution < 1.29 is 24.2 Å². The Labute approximate surface area is 495 Å². The van der Waals surface area contributed by atoms with Crippen molar-refractivity contribution in [1.82, 2.24) is 0 Å². The van der Waals surface area contributed by atoms with Crippen LogP contribution in [-0.4, -0.2) is 36.4 Å². The summed E-state index contributed by atoms with van der Waals surface area (Å²) in [6.45, 7) is 3.91. The highest BCUT2D eigenvalue weighted by atomic mass is 16.6. The van der Waals surface area contributed by atoms with E-state index in [1.165, 1.54) is 141 Å². The molecule has 80 heavy (non-hydrogen) atoms. The van der Waals surface area contributed by atoms with Gasteiger partial charge in [-0.25, -0.2) is 0 Å². The van der Waals surface area contributed by atoms with Gasteiger partial charge in [-0.3, -0.25) is 9.59 Å². The van der Waals surface area contributed by atoms with Gasteiger partial charge in [-0.2, -0.15) is 0 Å². The number of allylic oxidation sites excluding steroid dienone is 24. The molecular formula is C75H124O5. The third-order valence-corrected chi connectivity index (χ3v) is 14.1. The van der Waals surface area contributed by atoms with Crippen molar-refractivity contribution in [1.29, 1.82) is 0 Å². The highest BCUT2D eigenvalue weighted by Crippen LogP contribution is 2.17. The number of hydrogen-bond donors (Lipinski definition) is 1. The van der Waals surface area contributed by atoms with Crippen LogP contribution in [0.1, 0.15) is 296 Å². The fourth-order valence-corrected chi connectivity index (χ4v) is 9.21. The first-order valence-electron chi connectivity index (χ1n) is 33.4. The molecule has 0 aromatic rings. The summed E-state index contributed by atoms with van der Waals surface area (Å²) >= 11 is 0. The predicted octanol–water partition coefficient (Wildman–Crippen LogP) is 23.3. The first-order valence-corrected chi connectivity index (χ1v) is 33.4. The van der Waals surface area contributed by atoms with Crippen LogP contribution >= 0.6 is 0 Å². The largest absolute Gasteiger partial charge is 0.462 e. The van der Waals surface area contributed by atoms with E-state index in [0.29, 0.717) is 12.8 Å². The lowest BCUT2D eigenvalue weighted by molar-refractivity contribution is -0.161. The number of carbonyl (C=O) groups excluding carboxylic acids is 2. The molecule has 0 heterocycles. The van der Waals surface area contributed by atoms with Gasteiger partial charge < -0.3 is 14.6 Å². The molecular weight excluding hydrogens is 981 g/mol. The summed E-state index contributed by atoms with van der Waals surface area (Å²) in [7, 11) is 0. The molecule has 454 valence electrons. The monoisotopic (exact) mass is 1100 g/mol. The van der Waals surface area contributed by atoms with Gasteiger partial charge in [0.05, 0.1) is 6.61 Å². The van der Waals surface area contributed by atoms with Crippen LogP contribution in [0.4, 0.5) is 0 Å². The molecule has 1 N–H and O–H groups in total. The molecule has 5 heteroatoms. The summed E-state index contributed by atoms with van der Waals surface area (Å²) in [4.78, 5) is 24.6. The number of hydrogen-bond acceptors (Lipinski definition) is 5. The lowest BCUT2D eigenvalue weighted by Gasteiger charge is -2.15. The van der Waals surface area contributed by atoms with Crippen LogP contribution in [0.5, 0.6) is 0 Å². The van der Waals surface area contributed by atoms with E-state index in [2.05, 4.69) is 160 Å². The Balaban J connectivity index is 3.51. The molecule has 0 aliphatic rings. The van der Waals surface area contributed by atoms with Gasteiger partial charge in [0.2, 0.25) is 0 Å². The van der Waals surface area contributed by atoms with Gasteiger partial charge in [0.1, 0.15) is 6.61 Å². The van der Waals surface area contributed by atoms with Crippen molar-refractivity contribution in [3.63, 3.8) is 0 Å². The molecule has 0 fully saturated rings. The number of rotatable bonds is 60. The summed E-state index contributed by atoms with van der Waals surface area (Å²) in [5.74, 6) is -0.618. The second-order valence-electron chi connectivity index (χ2n) is 21.8. The minimum Gasteiger partial charge on any atom is -0.462 e. The molecule has 0 saturated heterocycles. The maximum Gasteiger partial charge on any atom is 0.306 e. The Hall–Kier alpha value is -4.22. The molecule has 0 spiro atoms. The Kier molecular flexibility index (Phi) is 65.4. The Morgan fingerprint density at radius 1 is 0.287 bits per heavy atom. The minimum absolute atomic E-state index is 0.0819. The van der Waals surface area contributed by atoms with Crippen LogP contribution in [0.2, 0.25) is 0 Å². The fourth-order valence-electron chi connectivity index (χ4n) is 9.21. The standard InChI is InChI=1S/C75H124O5/c1-3-5-7-9-11-13-15-17-19-21-23-25-27-29-31-33-34-35-36-37-38-39-40-42-43-45-47-49-51-53-55-57-59-61-63-65-67-69-74(77)79-72-73(71-76)80-75(78)70-68-66-64-62-60-58-56-54-52-50-48-46-44-41-32-30-28-26-24-22-20-18-16-14-12-10-8-6-4-2/h5-8,11-14,17-20,23-26,30,32,44,46,50,52,56,58,73,76H,3-4,9-10,15-16,21-22,27-29,31,33-43,45,47-49,51,53-55,57,59-72H2,1-2H3/b7-5-,8-6-,13-11-,14-12-,19-17-,20-18-,25-23-,26-24-,32-30-,46-44-,52-50-,58-56-. The zero-order chi connectivity index (χ0) is 57.6. The number of carbonyl (C=O) groups is 2. The molecule has 0 radical (unpaired) electrons. The lowest BCUT2D eigenvalue weighted by atomic mass is 10.0. The van der Waals surface area contributed by atoms with E-state index in [0.717, 1.165) is 128 Å². The highest BCUT2D eigenvalue weighted by Gasteiger charge is 2.16. The first-order chi connectivity index (χ1) is 39.6. The zero-order valence-corrected chi connectivity index (χ0v) is 52.0. The maximum atomic E-state index is 12.3. The first kappa shape index (κ1) is 75.8. The minimum atomic E-state index is -0.796. The fraction of sp³-hybridized carbons (Fsp3) is 0.653. The van der Waals surface area contributed by atoms with Gasteiger partial charge >= 0.3 is 11.9 Å². The maximum absolute atomic E-state index is 12.3. The molecule has 1 unspecified atom stereocenters. The Morgan fingerprint density at radius 2 is 0.500 bits per heavy atom. The molecule has 0 aliphatic heterocycles. The van der Waals surface area contributed by atoms with E-state index >= 15 is 0 Å². The second-order valence-corrected chi connectivity index (χ2v) is 21.8. The second kappa shape index (κ2) is 69.1. The van der Waals surface area contributed by atoms with E-state index < -0.39 is 6.10 Å². The number of esters is 2. The van der Waals surface area contributed by atoms with Gasteiger partial charge in [-0.15, -0.1) is 0 Å². The van der Waals surface area contributed by atoms with E-state index in [-0.39, 0.29) is 25.2 Å². The van der Waals surface area contributed by atoms with Crippen LogP contribution in [0.15, 0.2) is 146 Å². The summed E-state index contributed by atoms with van der Waals surface area (Å²) < 4.78 is 10.7. The third kappa shape index (κ3) is 66.3. The number of unbranched alkanes of at least 4 members (excludes halogenated alkanes) is 28. The van der Waals surface area contributed by atoms with E-state index in [4.69, 9.17) is 9.47 Å². The van der Waals surface area contributed by atoms with Gasteiger partial charge in [-0.05, 0) is 116 Å². The molecule has 0 saturated carbocycles. The molecule has 0 amide bonds. The molecule has 0 rings (SSSR count). The molecule has 0 aliphatic carbocycles. The van der Waals surface area contributed by atoms with E-state index in [1.807, 2.05) is 0 Å². The quantitative estimate of drug-likeness (QED) is 0.0373. The van der Waals surface area contributed by atoms with E-state index in [9.17, 15) is 14.7 Å². The normalized spacial score (nSPS) is 13.2. The number of aliphatic hydroxyl groups is 1. The van der Waals surface area contributed by atoms with Crippen molar-refractivity contribution in [2.24, 2.45) is 0 Å². The van der Waals surface area contributed by atoms with Crippen molar-refractivity contribution in [3.8, 4) is 0 Å². The summed E-state index contributed by atoms with van der Waals surface area (Å²) in [6.07, 6.45) is 104. The van der Waals surface area contributed by atoms with Crippen molar-refractivity contribution in [3.05, 3.63) is 146 Å². The zero-order valence-electron chi connectivity index (χ0n) is 52.0. The Bertz CT molecular complexity index is 1680. The summed E-state index contributed by atoms with van der Waals surface area (Å²) in [5.41, 5.74) is 0. The average Bonchev–Trinajstić information content (AvgIpc) is 3.46. The smallest absolute Gasteiger partial charge is 0.306 e. The highest BCUT2D eigenvalue weighted by molar-refractivity contribution is 5.70. The van der Waals surface area contributed by atoms with Gasteiger partial charge in [-0.1, -0.05) is 314 Å². The topological polar surface area (TPSA) is 72.8 Å².